The Morgan fingerprint density at radius 2 is 1.94 bits per heavy atom. The number of benzene rings is 1. The topological polar surface area (TPSA) is 25.2 Å². The van der Waals surface area contributed by atoms with E-state index in [1.54, 1.807) is 0 Å². The highest BCUT2D eigenvalue weighted by Gasteiger charge is 2.22. The van der Waals surface area contributed by atoms with E-state index in [-0.39, 0.29) is 0 Å². The molecule has 0 atom stereocenters. The number of aromatic nitrogens is 1. The smallest absolute Gasteiger partial charge is 0.0796 e. The molecule has 2 heteroatoms. The lowest BCUT2D eigenvalue weighted by atomic mass is 9.96. The van der Waals surface area contributed by atoms with Gasteiger partial charge in [-0.2, -0.15) is 0 Å². The monoisotopic (exact) mass is 218 g/mol. The molecule has 4 rings (SSSR count). The molecule has 0 unspecified atom stereocenters. The number of pyridine rings is 1. The molecule has 0 amide bonds. The summed E-state index contributed by atoms with van der Waals surface area (Å²) in [5, 5.41) is 2.29. The van der Waals surface area contributed by atoms with Gasteiger partial charge in [0.1, 0.15) is 0 Å². The van der Waals surface area contributed by atoms with Crippen molar-refractivity contribution >= 4 is 23.0 Å². The van der Waals surface area contributed by atoms with E-state index < -0.39 is 0 Å². The van der Waals surface area contributed by atoms with Crippen LogP contribution in [0.25, 0.3) is 11.6 Å². The maximum absolute atomic E-state index is 4.68. The van der Waals surface area contributed by atoms with E-state index in [0.29, 0.717) is 0 Å². The third-order valence-electron chi connectivity index (χ3n) is 3.31. The molecule has 1 aliphatic carbocycles. The minimum absolute atomic E-state index is 0.905. The minimum Gasteiger partial charge on any atom is -0.256 e. The van der Waals surface area contributed by atoms with Crippen molar-refractivity contribution in [3.05, 3.63) is 58.7 Å². The molecule has 1 aliphatic heterocycles. The van der Waals surface area contributed by atoms with Gasteiger partial charge >= 0.3 is 0 Å². The molecule has 2 aromatic rings. The van der Waals surface area contributed by atoms with Crippen LogP contribution in [-0.4, -0.2) is 10.7 Å². The van der Waals surface area contributed by atoms with E-state index in [0.717, 1.165) is 23.2 Å². The van der Waals surface area contributed by atoms with Crippen LogP contribution in [0, 0.1) is 0 Å². The van der Waals surface area contributed by atoms with E-state index in [1.165, 1.54) is 16.4 Å². The molecule has 0 spiro atoms. The average molecular weight is 218 g/mol. The van der Waals surface area contributed by atoms with Gasteiger partial charge in [0.2, 0.25) is 0 Å². The predicted octanol–water partition coefficient (Wildman–Crippen LogP) is 1.55. The van der Waals surface area contributed by atoms with E-state index in [9.17, 15) is 0 Å². The molecule has 0 fully saturated rings. The fraction of sp³-hybridized carbons (Fsp3) is 0.0667. The highest BCUT2D eigenvalue weighted by molar-refractivity contribution is 6.30. The van der Waals surface area contributed by atoms with Crippen LogP contribution < -0.4 is 10.6 Å². The maximum Gasteiger partial charge on any atom is 0.0796 e. The summed E-state index contributed by atoms with van der Waals surface area (Å²) in [7, 11) is 0. The largest absolute Gasteiger partial charge is 0.256 e. The summed E-state index contributed by atoms with van der Waals surface area (Å²) in [6.07, 6.45) is 4.96. The van der Waals surface area contributed by atoms with Gasteiger partial charge in [0.25, 0.3) is 0 Å². The fourth-order valence-corrected chi connectivity index (χ4v) is 2.55. The summed E-state index contributed by atoms with van der Waals surface area (Å²) < 4.78 is 0. The van der Waals surface area contributed by atoms with Crippen LogP contribution in [0.1, 0.15) is 12.0 Å². The van der Waals surface area contributed by atoms with Crippen molar-refractivity contribution in [3.8, 4) is 0 Å². The van der Waals surface area contributed by atoms with Crippen molar-refractivity contribution in [1.29, 1.82) is 0 Å². The van der Waals surface area contributed by atoms with Gasteiger partial charge in [-0.25, -0.2) is 0 Å². The molecular weight excluding hydrogens is 208 g/mol. The fourth-order valence-electron chi connectivity index (χ4n) is 2.55. The summed E-state index contributed by atoms with van der Waals surface area (Å²) in [6.45, 7) is 0. The molecule has 0 saturated carbocycles. The normalized spacial score (nSPS) is 15.5. The van der Waals surface area contributed by atoms with Gasteiger partial charge in [0.15, 0.2) is 0 Å². The zero-order chi connectivity index (χ0) is 11.2. The Balaban J connectivity index is 2.21. The summed E-state index contributed by atoms with van der Waals surface area (Å²) in [5.74, 6) is 0. The second-order valence-corrected chi connectivity index (χ2v) is 4.30. The van der Waals surface area contributed by atoms with Crippen LogP contribution in [0.2, 0.25) is 0 Å². The number of hydrogen-bond acceptors (Lipinski definition) is 2. The number of rotatable bonds is 0. The van der Waals surface area contributed by atoms with Gasteiger partial charge in [-0.05, 0) is 17.4 Å². The van der Waals surface area contributed by atoms with Crippen LogP contribution in [-0.2, 0) is 0 Å². The lowest BCUT2D eigenvalue weighted by Crippen LogP contribution is -2.34. The van der Waals surface area contributed by atoms with Gasteiger partial charge in [0.05, 0.1) is 16.7 Å². The highest BCUT2D eigenvalue weighted by Crippen LogP contribution is 2.34. The predicted molar refractivity (Wildman–Crippen MR) is 68.6 cm³/mol. The van der Waals surface area contributed by atoms with Crippen LogP contribution in [0.5, 0.6) is 0 Å². The van der Waals surface area contributed by atoms with Crippen molar-refractivity contribution in [2.75, 3.05) is 0 Å². The molecule has 1 aromatic heterocycles. The van der Waals surface area contributed by atoms with Gasteiger partial charge in [-0.1, -0.05) is 30.3 Å². The number of nitrogens with zero attached hydrogens (tertiary/aromatic N) is 2. The van der Waals surface area contributed by atoms with E-state index in [1.807, 2.05) is 18.3 Å². The Bertz CT molecular complexity index is 770. The SMILES string of the molecule is C1=c2cccnc2=C2C(=Nc3ccccc32)C1. The van der Waals surface area contributed by atoms with Gasteiger partial charge in [0, 0.05) is 23.8 Å². The molecule has 0 bridgehead atoms. The van der Waals surface area contributed by atoms with Gasteiger partial charge in [-0.15, -0.1) is 0 Å². The van der Waals surface area contributed by atoms with E-state index in [2.05, 4.69) is 40.3 Å². The summed E-state index contributed by atoms with van der Waals surface area (Å²) in [5.41, 5.74) is 4.66. The molecule has 17 heavy (non-hydrogen) atoms. The average Bonchev–Trinajstić information content (AvgIpc) is 2.77. The van der Waals surface area contributed by atoms with Gasteiger partial charge in [-0.3, -0.25) is 9.98 Å². The standard InChI is InChI=1S/C15H10N2/c1-2-6-12-11(5-1)14-13(17-12)8-7-10-4-3-9-16-15(10)14/h1-7,9H,8H2. The van der Waals surface area contributed by atoms with Gasteiger partial charge < -0.3 is 0 Å². The van der Waals surface area contributed by atoms with Crippen LogP contribution in [0.3, 0.4) is 0 Å². The molecule has 0 radical (unpaired) electrons. The van der Waals surface area contributed by atoms with Crippen molar-refractivity contribution in [1.82, 2.24) is 4.98 Å². The molecular formula is C15H10N2. The zero-order valence-electron chi connectivity index (χ0n) is 9.22. The molecule has 2 aliphatic rings. The molecule has 1 aromatic carbocycles. The lowest BCUT2D eigenvalue weighted by Gasteiger charge is -2.07. The Hall–Kier alpha value is -2.22. The Morgan fingerprint density at radius 1 is 1.00 bits per heavy atom. The number of hydrogen-bond donors (Lipinski definition) is 0. The maximum atomic E-state index is 4.68. The van der Waals surface area contributed by atoms with E-state index in [4.69, 9.17) is 0 Å². The summed E-state index contributed by atoms with van der Waals surface area (Å²) >= 11 is 0. The molecule has 2 nitrogen and oxygen atoms in total. The number of fused-ring (bicyclic) bond motifs is 4. The van der Waals surface area contributed by atoms with Crippen LogP contribution in [0.4, 0.5) is 5.69 Å². The number of aliphatic imine (C=N–C) groups is 1. The first-order valence-electron chi connectivity index (χ1n) is 5.76. The van der Waals surface area contributed by atoms with Crippen LogP contribution >= 0.6 is 0 Å². The third-order valence-corrected chi connectivity index (χ3v) is 3.31. The number of para-hydroxylation sites is 1. The zero-order valence-corrected chi connectivity index (χ0v) is 9.22. The van der Waals surface area contributed by atoms with E-state index >= 15 is 0 Å². The van der Waals surface area contributed by atoms with Crippen molar-refractivity contribution in [3.63, 3.8) is 0 Å². The second-order valence-electron chi connectivity index (χ2n) is 4.30. The Kier molecular flexibility index (Phi) is 1.64. The summed E-state index contributed by atoms with van der Waals surface area (Å²) in [6, 6.07) is 12.4. The first kappa shape index (κ1) is 8.88. The third kappa shape index (κ3) is 1.15. The minimum atomic E-state index is 0.905. The highest BCUT2D eigenvalue weighted by atomic mass is 14.8. The second kappa shape index (κ2) is 3.14. The first-order chi connectivity index (χ1) is 8.43. The van der Waals surface area contributed by atoms with Crippen molar-refractivity contribution < 1.29 is 0 Å². The Morgan fingerprint density at radius 3 is 2.94 bits per heavy atom. The molecule has 0 N–H and O–H groups in total. The van der Waals surface area contributed by atoms with Crippen LogP contribution in [0.15, 0.2) is 47.6 Å². The van der Waals surface area contributed by atoms with Crippen molar-refractivity contribution in [2.24, 2.45) is 4.99 Å². The lowest BCUT2D eigenvalue weighted by molar-refractivity contribution is 1.20. The quantitative estimate of drug-likeness (QED) is 0.658. The molecule has 80 valence electrons. The Labute approximate surface area is 98.7 Å². The van der Waals surface area contributed by atoms with Crippen molar-refractivity contribution in [2.45, 2.75) is 6.42 Å². The molecule has 2 heterocycles. The summed E-state index contributed by atoms with van der Waals surface area (Å²) in [4.78, 5) is 9.19. The molecule has 0 saturated heterocycles. The first-order valence-corrected chi connectivity index (χ1v) is 5.76.